The first-order valence-electron chi connectivity index (χ1n) is 7.06. The molecule has 1 unspecified atom stereocenters. The van der Waals surface area contributed by atoms with E-state index in [1.165, 1.54) is 17.7 Å². The van der Waals surface area contributed by atoms with Gasteiger partial charge >= 0.3 is 6.18 Å². The Morgan fingerprint density at radius 1 is 1.29 bits per heavy atom. The Hall–Kier alpha value is -2.27. The van der Waals surface area contributed by atoms with E-state index in [0.29, 0.717) is 25.2 Å². The van der Waals surface area contributed by atoms with Crippen LogP contribution in [-0.2, 0) is 10.9 Å². The molecule has 1 atom stereocenters. The van der Waals surface area contributed by atoms with Gasteiger partial charge in [-0.3, -0.25) is 0 Å². The van der Waals surface area contributed by atoms with Crippen molar-refractivity contribution in [2.45, 2.75) is 12.3 Å². The van der Waals surface area contributed by atoms with E-state index in [1.54, 1.807) is 11.1 Å². The molecule has 126 valence electrons. The predicted molar refractivity (Wildman–Crippen MR) is 79.7 cm³/mol. The van der Waals surface area contributed by atoms with E-state index in [0.717, 1.165) is 5.01 Å². The fourth-order valence-corrected chi connectivity index (χ4v) is 3.24. The van der Waals surface area contributed by atoms with Crippen molar-refractivity contribution in [1.29, 1.82) is 0 Å². The third kappa shape index (κ3) is 2.69. The Bertz CT molecular complexity index is 849. The number of imidazole rings is 1. The van der Waals surface area contributed by atoms with Crippen molar-refractivity contribution in [2.24, 2.45) is 0 Å². The maximum atomic E-state index is 13.1. The lowest BCUT2D eigenvalue weighted by Crippen LogP contribution is -2.39. The molecule has 1 N–H and O–H groups in total. The van der Waals surface area contributed by atoms with Crippen LogP contribution in [0.5, 0.6) is 0 Å². The molecule has 0 aromatic carbocycles. The summed E-state index contributed by atoms with van der Waals surface area (Å²) in [7, 11) is 0. The first-order chi connectivity index (χ1) is 11.5. The molecule has 4 rings (SSSR count). The van der Waals surface area contributed by atoms with Gasteiger partial charge in [0.05, 0.1) is 19.5 Å². The van der Waals surface area contributed by atoms with Crippen molar-refractivity contribution in [1.82, 2.24) is 24.9 Å². The van der Waals surface area contributed by atoms with Crippen LogP contribution in [0.25, 0.3) is 11.2 Å². The maximum Gasteiger partial charge on any atom is 0.451 e. The number of fused-ring (bicyclic) bond motifs is 1. The van der Waals surface area contributed by atoms with Crippen molar-refractivity contribution in [3.8, 4) is 0 Å². The molecule has 7 nitrogen and oxygen atoms in total. The van der Waals surface area contributed by atoms with Gasteiger partial charge in [0.2, 0.25) is 5.82 Å². The summed E-state index contributed by atoms with van der Waals surface area (Å²) in [5.74, 6) is -1.02. The zero-order valence-electron chi connectivity index (χ0n) is 12.1. The van der Waals surface area contributed by atoms with Gasteiger partial charge in [-0.15, -0.1) is 11.3 Å². The number of ether oxygens (including phenoxy) is 1. The van der Waals surface area contributed by atoms with Crippen LogP contribution in [0, 0.1) is 0 Å². The highest BCUT2D eigenvalue weighted by Gasteiger charge is 2.37. The number of H-pyrrole nitrogens is 1. The third-order valence-electron chi connectivity index (χ3n) is 3.61. The number of aromatic nitrogens is 5. The molecule has 3 aromatic rings. The maximum absolute atomic E-state index is 13.1. The Kier molecular flexibility index (Phi) is 3.61. The number of anilines is 1. The van der Waals surface area contributed by atoms with Crippen LogP contribution in [0.1, 0.15) is 16.9 Å². The minimum absolute atomic E-state index is 0.00962. The van der Waals surface area contributed by atoms with Gasteiger partial charge in [-0.1, -0.05) is 0 Å². The first-order valence-corrected chi connectivity index (χ1v) is 7.94. The molecular formula is C13H11F3N6OS. The van der Waals surface area contributed by atoms with E-state index in [2.05, 4.69) is 24.9 Å². The van der Waals surface area contributed by atoms with E-state index >= 15 is 0 Å². The first kappa shape index (κ1) is 15.3. The van der Waals surface area contributed by atoms with Gasteiger partial charge < -0.3 is 14.6 Å². The van der Waals surface area contributed by atoms with Crippen LogP contribution in [0.15, 0.2) is 17.9 Å². The largest absolute Gasteiger partial charge is 0.451 e. The highest BCUT2D eigenvalue weighted by atomic mass is 32.1. The summed E-state index contributed by atoms with van der Waals surface area (Å²) < 4.78 is 44.8. The van der Waals surface area contributed by atoms with Crippen molar-refractivity contribution in [3.63, 3.8) is 0 Å². The summed E-state index contributed by atoms with van der Waals surface area (Å²) >= 11 is 1.44. The molecule has 0 saturated carbocycles. The summed E-state index contributed by atoms with van der Waals surface area (Å²) in [4.78, 5) is 19.8. The van der Waals surface area contributed by atoms with Gasteiger partial charge in [0.25, 0.3) is 0 Å². The molecule has 0 spiro atoms. The standard InChI is InChI=1S/C13H11F3N6OS/c14-13(15,16)12-20-9-8(18-6-19-9)10(21-12)22-2-3-23-7(5-22)11-17-1-4-24-11/h1,4,6-7H,2-3,5H2,(H,18,19,20,21). The second-order valence-corrected chi connectivity index (χ2v) is 6.07. The second kappa shape index (κ2) is 5.67. The molecule has 1 aliphatic rings. The zero-order chi connectivity index (χ0) is 16.7. The highest BCUT2D eigenvalue weighted by Crippen LogP contribution is 2.33. The number of aromatic amines is 1. The van der Waals surface area contributed by atoms with E-state index in [4.69, 9.17) is 4.74 Å². The quantitative estimate of drug-likeness (QED) is 0.760. The summed E-state index contributed by atoms with van der Waals surface area (Å²) in [5, 5.41) is 2.61. The van der Waals surface area contributed by atoms with Gasteiger partial charge in [0.1, 0.15) is 16.6 Å². The van der Waals surface area contributed by atoms with Crippen molar-refractivity contribution < 1.29 is 17.9 Å². The number of halogens is 3. The number of thiazole rings is 1. The SMILES string of the molecule is FC(F)(F)c1nc(N2CCOC(c3nccs3)C2)c2[nH]cnc2n1. The number of hydrogen-bond acceptors (Lipinski definition) is 7. The fraction of sp³-hybridized carbons (Fsp3) is 0.385. The lowest BCUT2D eigenvalue weighted by molar-refractivity contribution is -0.144. The summed E-state index contributed by atoms with van der Waals surface area (Å²) in [5.41, 5.74) is 0.368. The summed E-state index contributed by atoms with van der Waals surface area (Å²) in [6.07, 6.45) is -1.96. The fourth-order valence-electron chi connectivity index (χ4n) is 2.56. The van der Waals surface area contributed by atoms with Gasteiger partial charge in [-0.05, 0) is 0 Å². The van der Waals surface area contributed by atoms with Gasteiger partial charge in [-0.2, -0.15) is 13.2 Å². The molecule has 24 heavy (non-hydrogen) atoms. The van der Waals surface area contributed by atoms with E-state index in [9.17, 15) is 13.2 Å². The predicted octanol–water partition coefficient (Wildman–Crippen LogP) is 2.41. The van der Waals surface area contributed by atoms with E-state index in [-0.39, 0.29) is 17.6 Å². The van der Waals surface area contributed by atoms with E-state index < -0.39 is 12.0 Å². The molecule has 3 aromatic heterocycles. The zero-order valence-corrected chi connectivity index (χ0v) is 12.9. The number of morpholine rings is 1. The topological polar surface area (TPSA) is 79.8 Å². The van der Waals surface area contributed by atoms with E-state index in [1.807, 2.05) is 5.38 Å². The molecule has 1 aliphatic heterocycles. The van der Waals surface area contributed by atoms with Crippen LogP contribution in [0.3, 0.4) is 0 Å². The number of alkyl halides is 3. The minimum atomic E-state index is -4.64. The molecule has 11 heteroatoms. The minimum Gasteiger partial charge on any atom is -0.367 e. The molecule has 0 radical (unpaired) electrons. The monoisotopic (exact) mass is 356 g/mol. The molecule has 0 bridgehead atoms. The number of rotatable bonds is 2. The van der Waals surface area contributed by atoms with Crippen LogP contribution >= 0.6 is 11.3 Å². The molecular weight excluding hydrogens is 345 g/mol. The lowest BCUT2D eigenvalue weighted by atomic mass is 10.2. The second-order valence-electron chi connectivity index (χ2n) is 5.15. The number of hydrogen-bond donors (Lipinski definition) is 1. The van der Waals surface area contributed by atoms with Crippen molar-refractivity contribution in [2.75, 3.05) is 24.6 Å². The highest BCUT2D eigenvalue weighted by molar-refractivity contribution is 7.09. The van der Waals surface area contributed by atoms with Crippen LogP contribution < -0.4 is 4.90 Å². The smallest absolute Gasteiger partial charge is 0.367 e. The van der Waals surface area contributed by atoms with Crippen LogP contribution in [0.2, 0.25) is 0 Å². The average Bonchev–Trinajstić information content (AvgIpc) is 3.24. The molecule has 1 saturated heterocycles. The van der Waals surface area contributed by atoms with Crippen molar-refractivity contribution in [3.05, 3.63) is 28.7 Å². The Morgan fingerprint density at radius 3 is 2.92 bits per heavy atom. The molecule has 4 heterocycles. The molecule has 0 amide bonds. The third-order valence-corrected chi connectivity index (χ3v) is 4.48. The number of nitrogens with one attached hydrogen (secondary N) is 1. The number of nitrogens with zero attached hydrogens (tertiary/aromatic N) is 5. The van der Waals surface area contributed by atoms with Crippen LogP contribution in [-0.4, -0.2) is 44.6 Å². The Labute approximate surface area is 137 Å². The molecule has 1 fully saturated rings. The molecule has 0 aliphatic carbocycles. The Morgan fingerprint density at radius 2 is 2.17 bits per heavy atom. The van der Waals surface area contributed by atoms with Gasteiger partial charge in [0.15, 0.2) is 11.5 Å². The van der Waals surface area contributed by atoms with Crippen molar-refractivity contribution >= 4 is 28.3 Å². The average molecular weight is 356 g/mol. The van der Waals surface area contributed by atoms with Gasteiger partial charge in [-0.25, -0.2) is 19.9 Å². The summed E-state index contributed by atoms with van der Waals surface area (Å²) in [6.45, 7) is 1.14. The summed E-state index contributed by atoms with van der Waals surface area (Å²) in [6, 6.07) is 0. The van der Waals surface area contributed by atoms with Gasteiger partial charge in [0, 0.05) is 18.1 Å². The lowest BCUT2D eigenvalue weighted by Gasteiger charge is -2.33. The Balaban J connectivity index is 1.73. The van der Waals surface area contributed by atoms with Crippen LogP contribution in [0.4, 0.5) is 19.0 Å². The normalized spacial score (nSPS) is 19.1.